The van der Waals surface area contributed by atoms with Crippen LogP contribution in [0, 0.1) is 10.8 Å². The van der Waals surface area contributed by atoms with Gasteiger partial charge in [0.25, 0.3) is 0 Å². The first kappa shape index (κ1) is 13.8. The molecule has 2 aliphatic rings. The molecule has 0 heterocycles. The Bertz CT molecular complexity index is 324. The number of alkyl halides is 1. The van der Waals surface area contributed by atoms with Crippen LogP contribution in [0.3, 0.4) is 0 Å². The van der Waals surface area contributed by atoms with E-state index in [9.17, 15) is 9.59 Å². The van der Waals surface area contributed by atoms with Crippen molar-refractivity contribution in [2.24, 2.45) is 10.8 Å². The monoisotopic (exact) mass is 318 g/mol. The maximum Gasteiger partial charge on any atom is 0.313 e. The van der Waals surface area contributed by atoms with Crippen LogP contribution in [0.15, 0.2) is 0 Å². The van der Waals surface area contributed by atoms with Crippen LogP contribution in [0.25, 0.3) is 0 Å². The van der Waals surface area contributed by atoms with E-state index in [0.717, 1.165) is 0 Å². The fraction of sp³-hybridized carbons (Fsp3) is 0.846. The van der Waals surface area contributed by atoms with E-state index in [-0.39, 0.29) is 16.8 Å². The minimum atomic E-state index is -0.525. The lowest BCUT2D eigenvalue weighted by molar-refractivity contribution is -0.154. The van der Waals surface area contributed by atoms with Crippen molar-refractivity contribution in [3.8, 4) is 0 Å². The third-order valence-electron chi connectivity index (χ3n) is 4.37. The summed E-state index contributed by atoms with van der Waals surface area (Å²) in [7, 11) is 0. The fourth-order valence-electron chi connectivity index (χ4n) is 3.34. The summed E-state index contributed by atoms with van der Waals surface area (Å²) in [5, 5.41) is 0. The molecule has 2 fully saturated rings. The van der Waals surface area contributed by atoms with Gasteiger partial charge in [-0.25, -0.2) is 0 Å². The highest BCUT2D eigenvalue weighted by atomic mass is 79.9. The van der Waals surface area contributed by atoms with Gasteiger partial charge in [-0.2, -0.15) is 0 Å². The van der Waals surface area contributed by atoms with Crippen LogP contribution in [0.4, 0.5) is 0 Å². The molecule has 0 aromatic carbocycles. The second-order valence-electron chi connectivity index (χ2n) is 5.12. The van der Waals surface area contributed by atoms with Crippen LogP contribution < -0.4 is 0 Å². The molecule has 2 bridgehead atoms. The first-order valence-electron chi connectivity index (χ1n) is 6.52. The van der Waals surface area contributed by atoms with E-state index in [1.54, 1.807) is 13.8 Å². The van der Waals surface area contributed by atoms with Gasteiger partial charge in [-0.3, -0.25) is 9.59 Å². The van der Waals surface area contributed by atoms with E-state index >= 15 is 0 Å². The fourth-order valence-corrected chi connectivity index (χ4v) is 4.63. The van der Waals surface area contributed by atoms with Crippen LogP contribution in [0.5, 0.6) is 0 Å². The number of hydrogen-bond acceptors (Lipinski definition) is 4. The topological polar surface area (TPSA) is 52.6 Å². The molecule has 4 nitrogen and oxygen atoms in total. The Labute approximate surface area is 116 Å². The summed E-state index contributed by atoms with van der Waals surface area (Å²) < 4.78 is 10.4. The number of hydrogen-bond donors (Lipinski definition) is 0. The number of ether oxygens (including phenoxy) is 2. The molecule has 0 aliphatic heterocycles. The van der Waals surface area contributed by atoms with E-state index < -0.39 is 10.8 Å². The molecule has 2 aliphatic carbocycles. The van der Waals surface area contributed by atoms with Gasteiger partial charge < -0.3 is 9.47 Å². The lowest BCUT2D eigenvalue weighted by Gasteiger charge is -2.26. The maximum absolute atomic E-state index is 12.2. The number of rotatable bonds is 4. The molecule has 0 unspecified atom stereocenters. The third-order valence-corrected chi connectivity index (χ3v) is 6.12. The lowest BCUT2D eigenvalue weighted by atomic mass is 9.82. The van der Waals surface area contributed by atoms with Crippen molar-refractivity contribution >= 4 is 27.9 Å². The number of carbonyl (C=O) groups is 2. The van der Waals surface area contributed by atoms with Gasteiger partial charge in [-0.05, 0) is 39.5 Å². The van der Waals surface area contributed by atoms with Crippen LogP contribution >= 0.6 is 15.9 Å². The zero-order valence-electron chi connectivity index (χ0n) is 10.8. The second-order valence-corrected chi connectivity index (χ2v) is 6.03. The molecular formula is C13H19BrO4. The number of fused-ring (bicyclic) bond motifs is 2. The molecule has 0 spiro atoms. The number of carbonyl (C=O) groups excluding carboxylic acids is 2. The van der Waals surface area contributed by atoms with Crippen molar-refractivity contribution in [3.05, 3.63) is 0 Å². The summed E-state index contributed by atoms with van der Waals surface area (Å²) >= 11 is 3.59. The largest absolute Gasteiger partial charge is 0.466 e. The van der Waals surface area contributed by atoms with E-state index in [4.69, 9.17) is 9.47 Å². The summed E-state index contributed by atoms with van der Waals surface area (Å²) in [5.41, 5.74) is -1.05. The predicted octanol–water partition coefficient (Wildman–Crippen LogP) is 2.44. The molecule has 5 heteroatoms. The minimum Gasteiger partial charge on any atom is -0.466 e. The molecule has 0 amide bonds. The Morgan fingerprint density at radius 2 is 1.33 bits per heavy atom. The Hall–Kier alpha value is -0.580. The zero-order chi connectivity index (χ0) is 13.4. The van der Waals surface area contributed by atoms with Gasteiger partial charge in [0.05, 0.1) is 24.0 Å². The van der Waals surface area contributed by atoms with Crippen LogP contribution in [-0.4, -0.2) is 30.0 Å². The van der Waals surface area contributed by atoms with Gasteiger partial charge in [-0.1, -0.05) is 15.9 Å². The van der Waals surface area contributed by atoms with Crippen molar-refractivity contribution in [2.75, 3.05) is 13.2 Å². The second kappa shape index (κ2) is 4.83. The molecule has 0 radical (unpaired) electrons. The third kappa shape index (κ3) is 1.70. The normalized spacial score (nSPS) is 37.6. The molecule has 0 aromatic heterocycles. The van der Waals surface area contributed by atoms with Gasteiger partial charge in [-0.15, -0.1) is 0 Å². The van der Waals surface area contributed by atoms with Crippen LogP contribution in [0.1, 0.15) is 39.5 Å². The summed E-state index contributed by atoms with van der Waals surface area (Å²) in [6.45, 7) is 4.37. The lowest BCUT2D eigenvalue weighted by Crippen LogP contribution is -2.39. The highest BCUT2D eigenvalue weighted by Gasteiger charge is 2.69. The molecular weight excluding hydrogens is 300 g/mol. The molecule has 18 heavy (non-hydrogen) atoms. The van der Waals surface area contributed by atoms with E-state index in [2.05, 4.69) is 15.9 Å². The van der Waals surface area contributed by atoms with E-state index in [1.807, 2.05) is 0 Å². The summed E-state index contributed by atoms with van der Waals surface area (Å²) in [6.07, 6.45) is 2.84. The van der Waals surface area contributed by atoms with Crippen molar-refractivity contribution in [2.45, 2.75) is 44.4 Å². The van der Waals surface area contributed by atoms with Gasteiger partial charge in [0, 0.05) is 4.83 Å². The van der Waals surface area contributed by atoms with Crippen molar-refractivity contribution in [1.82, 2.24) is 0 Å². The predicted molar refractivity (Wildman–Crippen MR) is 69.3 cm³/mol. The SMILES string of the molecule is CCOC(=O)C12CCC(C(=O)OCC)(CC1)C2Br. The van der Waals surface area contributed by atoms with E-state index in [1.165, 1.54) is 0 Å². The highest BCUT2D eigenvalue weighted by Crippen LogP contribution is 2.65. The smallest absolute Gasteiger partial charge is 0.313 e. The standard InChI is InChI=1S/C13H19BrO4/c1-3-17-10(15)12-5-7-13(8-6-12,9(12)14)11(16)18-4-2/h9H,3-8H2,1-2H3. The highest BCUT2D eigenvalue weighted by molar-refractivity contribution is 9.09. The quantitative estimate of drug-likeness (QED) is 0.590. The summed E-state index contributed by atoms with van der Waals surface area (Å²) in [5.74, 6) is -0.342. The number of esters is 2. The Morgan fingerprint density at radius 3 is 1.61 bits per heavy atom. The Balaban J connectivity index is 2.22. The van der Waals surface area contributed by atoms with Gasteiger partial charge in [0.1, 0.15) is 0 Å². The average Bonchev–Trinajstić information content (AvgIpc) is 2.81. The van der Waals surface area contributed by atoms with Gasteiger partial charge in [0.15, 0.2) is 0 Å². The average molecular weight is 319 g/mol. The van der Waals surface area contributed by atoms with Crippen molar-refractivity contribution < 1.29 is 19.1 Å². The molecule has 0 atom stereocenters. The first-order valence-corrected chi connectivity index (χ1v) is 7.43. The number of halogens is 1. The molecule has 102 valence electrons. The first-order chi connectivity index (χ1) is 8.53. The molecule has 2 saturated carbocycles. The Kier molecular flexibility index (Phi) is 3.72. The molecule has 0 N–H and O–H groups in total. The summed E-state index contributed by atoms with van der Waals surface area (Å²) in [4.78, 5) is 24.2. The minimum absolute atomic E-state index is 0.157. The van der Waals surface area contributed by atoms with Crippen LogP contribution in [-0.2, 0) is 19.1 Å². The Morgan fingerprint density at radius 1 is 1.00 bits per heavy atom. The summed E-state index contributed by atoms with van der Waals surface area (Å²) in [6, 6.07) is 0. The molecule has 2 rings (SSSR count). The molecule has 0 saturated heterocycles. The van der Waals surface area contributed by atoms with Gasteiger partial charge in [0.2, 0.25) is 0 Å². The molecule has 0 aromatic rings. The van der Waals surface area contributed by atoms with Crippen LogP contribution in [0.2, 0.25) is 0 Å². The van der Waals surface area contributed by atoms with Crippen molar-refractivity contribution in [3.63, 3.8) is 0 Å². The maximum atomic E-state index is 12.2. The van der Waals surface area contributed by atoms with Crippen molar-refractivity contribution in [1.29, 1.82) is 0 Å². The van der Waals surface area contributed by atoms with Gasteiger partial charge >= 0.3 is 11.9 Å². The van der Waals surface area contributed by atoms with E-state index in [0.29, 0.717) is 38.9 Å². The zero-order valence-corrected chi connectivity index (χ0v) is 12.4.